The predicted octanol–water partition coefficient (Wildman–Crippen LogP) is 5.89. The van der Waals surface area contributed by atoms with Gasteiger partial charge < -0.3 is 0 Å². The summed E-state index contributed by atoms with van der Waals surface area (Å²) in [6.07, 6.45) is 3.41. The van der Waals surface area contributed by atoms with Gasteiger partial charge >= 0.3 is 0 Å². The van der Waals surface area contributed by atoms with Crippen molar-refractivity contribution in [3.05, 3.63) is 108 Å². The van der Waals surface area contributed by atoms with Crippen LogP contribution in [0, 0.1) is 0 Å². The lowest BCUT2D eigenvalue weighted by Crippen LogP contribution is -1.99. The molecule has 1 nitrogen and oxygen atoms in total. The highest BCUT2D eigenvalue weighted by Gasteiger charge is 2.08. The number of carbonyl (C=O) groups is 1. The van der Waals surface area contributed by atoms with E-state index in [4.69, 9.17) is 0 Å². The van der Waals surface area contributed by atoms with Crippen LogP contribution in [0.4, 0.5) is 0 Å². The molecule has 3 aromatic rings. The summed E-state index contributed by atoms with van der Waals surface area (Å²) >= 11 is 0. The van der Waals surface area contributed by atoms with Gasteiger partial charge in [-0.25, -0.2) is 0 Å². The Labute approximate surface area is 143 Å². The molecular weight excluding hydrogens is 292 g/mol. The first kappa shape index (κ1) is 15.9. The minimum Gasteiger partial charge on any atom is -0.294 e. The van der Waals surface area contributed by atoms with Gasteiger partial charge in [0.05, 0.1) is 0 Å². The van der Waals surface area contributed by atoms with Gasteiger partial charge in [-0.3, -0.25) is 4.79 Å². The minimum atomic E-state index is 0.186. The summed E-state index contributed by atoms with van der Waals surface area (Å²) in [6, 6.07) is 30.0. The topological polar surface area (TPSA) is 17.1 Å². The molecule has 0 saturated carbocycles. The van der Waals surface area contributed by atoms with Crippen LogP contribution in [0.5, 0.6) is 0 Å². The summed E-state index contributed by atoms with van der Waals surface area (Å²) < 4.78 is 0. The molecule has 0 atom stereocenters. The summed E-state index contributed by atoms with van der Waals surface area (Å²) in [4.78, 5) is 12.4. The van der Waals surface area contributed by atoms with Crippen LogP contribution in [-0.4, -0.2) is 5.78 Å². The molecule has 0 aliphatic heterocycles. The normalized spacial score (nSPS) is 11.2. The molecule has 0 bridgehead atoms. The van der Waals surface area contributed by atoms with E-state index in [0.29, 0.717) is 6.42 Å². The molecule has 1 heteroatoms. The third-order valence-corrected chi connectivity index (χ3v) is 4.00. The molecule has 0 spiro atoms. The number of carbonyl (C=O) groups excluding carboxylic acids is 1. The lowest BCUT2D eigenvalue weighted by Gasteiger charge is -2.08. The Morgan fingerprint density at radius 3 is 1.71 bits per heavy atom. The Balaban J connectivity index is 1.81. The van der Waals surface area contributed by atoms with E-state index >= 15 is 0 Å². The molecule has 0 unspecified atom stereocenters. The van der Waals surface area contributed by atoms with Crippen LogP contribution in [0.15, 0.2) is 91.0 Å². The zero-order valence-electron chi connectivity index (χ0n) is 13.6. The minimum absolute atomic E-state index is 0.186. The number of benzene rings is 3. The van der Waals surface area contributed by atoms with Gasteiger partial charge in [0.2, 0.25) is 0 Å². The Kier molecular flexibility index (Phi) is 5.36. The molecule has 0 radical (unpaired) electrons. The Morgan fingerprint density at radius 1 is 0.625 bits per heavy atom. The second kappa shape index (κ2) is 8.07. The highest BCUT2D eigenvalue weighted by Crippen LogP contribution is 2.24. The standard InChI is InChI=1S/C23H20O/c24-23(21-14-8-3-9-15-21)17-16-22(20-12-6-2-7-13-20)18-19-10-4-1-5-11-19/h1-15,18H,16-17H2/b22-18-. The molecule has 0 aromatic heterocycles. The van der Waals surface area contributed by atoms with E-state index in [-0.39, 0.29) is 5.78 Å². The van der Waals surface area contributed by atoms with E-state index in [1.54, 1.807) is 0 Å². The van der Waals surface area contributed by atoms with Crippen molar-refractivity contribution in [2.45, 2.75) is 12.8 Å². The SMILES string of the molecule is O=C(CC/C(=C/c1ccccc1)c1ccccc1)c1ccccc1. The molecule has 3 aromatic carbocycles. The first-order chi connectivity index (χ1) is 11.8. The number of hydrogen-bond acceptors (Lipinski definition) is 1. The predicted molar refractivity (Wildman–Crippen MR) is 101 cm³/mol. The van der Waals surface area contributed by atoms with Gasteiger partial charge in [-0.05, 0) is 23.1 Å². The van der Waals surface area contributed by atoms with E-state index in [1.165, 1.54) is 11.1 Å². The Morgan fingerprint density at radius 2 is 1.12 bits per heavy atom. The summed E-state index contributed by atoms with van der Waals surface area (Å²) in [5, 5.41) is 0. The number of allylic oxidation sites excluding steroid dienone is 1. The highest BCUT2D eigenvalue weighted by molar-refractivity contribution is 5.97. The molecular formula is C23H20O. The van der Waals surface area contributed by atoms with Gasteiger partial charge in [0, 0.05) is 12.0 Å². The van der Waals surface area contributed by atoms with E-state index in [1.807, 2.05) is 66.7 Å². The molecule has 3 rings (SSSR count). The van der Waals surface area contributed by atoms with Gasteiger partial charge in [-0.2, -0.15) is 0 Å². The monoisotopic (exact) mass is 312 g/mol. The fourth-order valence-electron chi connectivity index (χ4n) is 2.72. The maximum atomic E-state index is 12.4. The van der Waals surface area contributed by atoms with Crippen LogP contribution in [0.1, 0.15) is 34.3 Å². The van der Waals surface area contributed by atoms with Crippen LogP contribution in [0.3, 0.4) is 0 Å². The maximum absolute atomic E-state index is 12.4. The van der Waals surface area contributed by atoms with E-state index in [0.717, 1.165) is 17.5 Å². The summed E-state index contributed by atoms with van der Waals surface area (Å²) in [6.45, 7) is 0. The number of hydrogen-bond donors (Lipinski definition) is 0. The summed E-state index contributed by atoms with van der Waals surface area (Å²) in [5.74, 6) is 0.186. The Bertz CT molecular complexity index is 802. The third-order valence-electron chi connectivity index (χ3n) is 4.00. The van der Waals surface area contributed by atoms with E-state index < -0.39 is 0 Å². The molecule has 0 fully saturated rings. The second-order valence-electron chi connectivity index (χ2n) is 5.74. The van der Waals surface area contributed by atoms with Crippen molar-refractivity contribution in [1.29, 1.82) is 0 Å². The van der Waals surface area contributed by atoms with E-state index in [9.17, 15) is 4.79 Å². The number of Topliss-reactive ketones (excluding diaryl/α,β-unsaturated/α-hetero) is 1. The average molecular weight is 312 g/mol. The lowest BCUT2D eigenvalue weighted by molar-refractivity contribution is 0.0984. The molecule has 0 aliphatic rings. The van der Waals surface area contributed by atoms with Gasteiger partial charge in [-0.15, -0.1) is 0 Å². The molecule has 0 heterocycles. The zero-order valence-corrected chi connectivity index (χ0v) is 13.6. The van der Waals surface area contributed by atoms with Crippen LogP contribution in [0.25, 0.3) is 11.6 Å². The first-order valence-electron chi connectivity index (χ1n) is 8.22. The lowest BCUT2D eigenvalue weighted by atomic mass is 9.96. The average Bonchev–Trinajstić information content (AvgIpc) is 2.67. The van der Waals surface area contributed by atoms with E-state index in [2.05, 4.69) is 30.3 Å². The van der Waals surface area contributed by atoms with Crippen LogP contribution in [0.2, 0.25) is 0 Å². The van der Waals surface area contributed by atoms with Gasteiger partial charge in [0.1, 0.15) is 0 Å². The zero-order chi connectivity index (χ0) is 16.6. The number of rotatable bonds is 6. The van der Waals surface area contributed by atoms with Crippen molar-refractivity contribution in [3.63, 3.8) is 0 Å². The fourth-order valence-corrected chi connectivity index (χ4v) is 2.72. The third kappa shape index (κ3) is 4.30. The van der Waals surface area contributed by atoms with Crippen molar-refractivity contribution in [3.8, 4) is 0 Å². The first-order valence-corrected chi connectivity index (χ1v) is 8.22. The van der Waals surface area contributed by atoms with Crippen molar-refractivity contribution in [1.82, 2.24) is 0 Å². The van der Waals surface area contributed by atoms with Crippen LogP contribution in [-0.2, 0) is 0 Å². The maximum Gasteiger partial charge on any atom is 0.163 e. The molecule has 0 saturated heterocycles. The molecule has 118 valence electrons. The smallest absolute Gasteiger partial charge is 0.163 e. The van der Waals surface area contributed by atoms with Crippen LogP contribution < -0.4 is 0 Å². The van der Waals surface area contributed by atoms with Crippen molar-refractivity contribution >= 4 is 17.4 Å². The molecule has 0 aliphatic carbocycles. The Hall–Kier alpha value is -2.93. The second-order valence-corrected chi connectivity index (χ2v) is 5.74. The van der Waals surface area contributed by atoms with Gasteiger partial charge in [-0.1, -0.05) is 97.1 Å². The van der Waals surface area contributed by atoms with Gasteiger partial charge in [0.15, 0.2) is 5.78 Å². The molecule has 0 amide bonds. The largest absolute Gasteiger partial charge is 0.294 e. The van der Waals surface area contributed by atoms with Gasteiger partial charge in [0.25, 0.3) is 0 Å². The summed E-state index contributed by atoms with van der Waals surface area (Å²) in [7, 11) is 0. The molecule has 0 N–H and O–H groups in total. The molecule has 24 heavy (non-hydrogen) atoms. The quantitative estimate of drug-likeness (QED) is 0.409. The van der Waals surface area contributed by atoms with Crippen molar-refractivity contribution in [2.24, 2.45) is 0 Å². The van der Waals surface area contributed by atoms with Crippen molar-refractivity contribution < 1.29 is 4.79 Å². The number of ketones is 1. The summed E-state index contributed by atoms with van der Waals surface area (Å²) in [5.41, 5.74) is 4.29. The van der Waals surface area contributed by atoms with Crippen LogP contribution >= 0.6 is 0 Å². The fraction of sp³-hybridized carbons (Fsp3) is 0.0870. The van der Waals surface area contributed by atoms with Crippen molar-refractivity contribution in [2.75, 3.05) is 0 Å². The highest BCUT2D eigenvalue weighted by atomic mass is 16.1.